The van der Waals surface area contributed by atoms with E-state index in [2.05, 4.69) is 5.32 Å². The fraction of sp³-hybridized carbons (Fsp3) is 0.346. The first-order valence-corrected chi connectivity index (χ1v) is 12.0. The highest BCUT2D eigenvalue weighted by Crippen LogP contribution is 2.48. The van der Waals surface area contributed by atoms with Crippen LogP contribution in [0.1, 0.15) is 49.5 Å². The highest BCUT2D eigenvalue weighted by atomic mass is 32.1. The van der Waals surface area contributed by atoms with Crippen molar-refractivity contribution in [2.45, 2.75) is 39.0 Å². The van der Waals surface area contributed by atoms with Gasteiger partial charge in [0.05, 0.1) is 24.7 Å². The van der Waals surface area contributed by atoms with Gasteiger partial charge in [0.2, 0.25) is 0 Å². The number of allylic oxidation sites excluding steroid dienone is 3. The number of ether oxygens (including phenoxy) is 2. The lowest BCUT2D eigenvalue weighted by atomic mass is 9.68. The number of hydrogen-bond acceptors (Lipinski definition) is 7. The van der Waals surface area contributed by atoms with Crippen LogP contribution in [0, 0.1) is 5.92 Å². The number of nitrogens with one attached hydrogen (secondary N) is 1. The van der Waals surface area contributed by atoms with Crippen LogP contribution in [0.25, 0.3) is 0 Å². The summed E-state index contributed by atoms with van der Waals surface area (Å²) < 4.78 is 10.7. The van der Waals surface area contributed by atoms with Crippen LogP contribution in [0.4, 0.5) is 0 Å². The third-order valence-electron chi connectivity index (χ3n) is 6.11. The maximum Gasteiger partial charge on any atom is 0.336 e. The fourth-order valence-corrected chi connectivity index (χ4v) is 5.61. The molecule has 1 aromatic heterocycles. The SMILES string of the molecule is CCOC(=O)C1=C(C)NC2=C(C(=O)[C@H](C(=O)OCC)[C@H](c3ccccc3)C2)[C@H]1c1cccs1. The number of esters is 2. The number of ketones is 1. The van der Waals surface area contributed by atoms with Gasteiger partial charge < -0.3 is 14.8 Å². The van der Waals surface area contributed by atoms with E-state index < -0.39 is 23.8 Å². The molecule has 1 aliphatic heterocycles. The van der Waals surface area contributed by atoms with Gasteiger partial charge in [-0.05, 0) is 44.2 Å². The van der Waals surface area contributed by atoms with Crippen molar-refractivity contribution in [2.24, 2.45) is 5.92 Å². The summed E-state index contributed by atoms with van der Waals surface area (Å²) in [7, 11) is 0. The summed E-state index contributed by atoms with van der Waals surface area (Å²) in [4.78, 5) is 40.9. The second-order valence-electron chi connectivity index (χ2n) is 8.04. The molecule has 3 atom stereocenters. The average Bonchev–Trinajstić information content (AvgIpc) is 3.33. The van der Waals surface area contributed by atoms with E-state index in [-0.39, 0.29) is 24.9 Å². The molecular formula is C26H27NO5S. The summed E-state index contributed by atoms with van der Waals surface area (Å²) in [6, 6.07) is 13.4. The molecule has 0 spiro atoms. The maximum absolute atomic E-state index is 14.0. The molecule has 0 unspecified atom stereocenters. The van der Waals surface area contributed by atoms with Crippen LogP contribution in [0.2, 0.25) is 0 Å². The van der Waals surface area contributed by atoms with Gasteiger partial charge in [-0.25, -0.2) is 4.79 Å². The lowest BCUT2D eigenvalue weighted by Gasteiger charge is -2.39. The minimum Gasteiger partial charge on any atom is -0.465 e. The van der Waals surface area contributed by atoms with Crippen molar-refractivity contribution in [3.63, 3.8) is 0 Å². The Morgan fingerprint density at radius 1 is 1.06 bits per heavy atom. The standard InChI is InChI=1S/C26H27NO5S/c1-4-31-25(29)20-15(3)27-18-14-17(16-10-7-6-8-11-16)21(26(30)32-5-2)24(28)22(18)23(20)19-12-9-13-33-19/h6-13,17,21,23,27H,4-5,14H2,1-3H3/t17-,21+,23-/m0/s1. The van der Waals surface area contributed by atoms with Crippen LogP contribution in [-0.2, 0) is 23.9 Å². The van der Waals surface area contributed by atoms with Crippen molar-refractivity contribution >= 4 is 29.1 Å². The number of Topliss-reactive ketones (excluding diaryl/α,β-unsaturated/α-hetero) is 1. The zero-order chi connectivity index (χ0) is 23.5. The minimum absolute atomic E-state index is 0.190. The van der Waals surface area contributed by atoms with Crippen LogP contribution in [0.15, 0.2) is 70.4 Å². The van der Waals surface area contributed by atoms with Crippen LogP contribution in [0.3, 0.4) is 0 Å². The van der Waals surface area contributed by atoms with E-state index in [1.54, 1.807) is 13.8 Å². The molecule has 0 amide bonds. The Balaban J connectivity index is 1.86. The number of carbonyl (C=O) groups excluding carboxylic acids is 3. The second-order valence-corrected chi connectivity index (χ2v) is 9.02. The van der Waals surface area contributed by atoms with Gasteiger partial charge in [-0.2, -0.15) is 0 Å². The summed E-state index contributed by atoms with van der Waals surface area (Å²) in [5.74, 6) is -3.21. The molecule has 1 aliphatic carbocycles. The number of hydrogen-bond donors (Lipinski definition) is 1. The molecule has 172 valence electrons. The van der Waals surface area contributed by atoms with Gasteiger partial charge in [0.25, 0.3) is 0 Å². The Bertz CT molecular complexity index is 1120. The molecule has 0 fully saturated rings. The first kappa shape index (κ1) is 23.0. The lowest BCUT2D eigenvalue weighted by molar-refractivity contribution is -0.152. The molecule has 0 radical (unpaired) electrons. The van der Waals surface area contributed by atoms with E-state index in [0.717, 1.165) is 16.1 Å². The third-order valence-corrected chi connectivity index (χ3v) is 7.05. The average molecular weight is 466 g/mol. The normalized spacial score (nSPS) is 22.5. The van der Waals surface area contributed by atoms with Gasteiger partial charge in [-0.3, -0.25) is 9.59 Å². The van der Waals surface area contributed by atoms with E-state index in [1.165, 1.54) is 11.3 Å². The zero-order valence-electron chi connectivity index (χ0n) is 18.9. The van der Waals surface area contributed by atoms with E-state index in [0.29, 0.717) is 23.3 Å². The Morgan fingerprint density at radius 3 is 2.42 bits per heavy atom. The summed E-state index contributed by atoms with van der Waals surface area (Å²) in [5, 5.41) is 5.23. The summed E-state index contributed by atoms with van der Waals surface area (Å²) in [6.07, 6.45) is 0.462. The molecule has 2 aromatic rings. The van der Waals surface area contributed by atoms with Crippen LogP contribution in [-0.4, -0.2) is 30.9 Å². The van der Waals surface area contributed by atoms with Crippen molar-refractivity contribution in [2.75, 3.05) is 13.2 Å². The fourth-order valence-electron chi connectivity index (χ4n) is 4.77. The van der Waals surface area contributed by atoms with Crippen LogP contribution >= 0.6 is 11.3 Å². The summed E-state index contributed by atoms with van der Waals surface area (Å²) >= 11 is 1.47. The molecule has 0 saturated heterocycles. The van der Waals surface area contributed by atoms with Crippen molar-refractivity contribution in [3.8, 4) is 0 Å². The number of thiophene rings is 1. The molecule has 0 bridgehead atoms. The predicted molar refractivity (Wildman–Crippen MR) is 125 cm³/mol. The number of carbonyl (C=O) groups is 3. The lowest BCUT2D eigenvalue weighted by Crippen LogP contribution is -2.43. The molecule has 33 heavy (non-hydrogen) atoms. The third kappa shape index (κ3) is 4.25. The van der Waals surface area contributed by atoms with E-state index >= 15 is 0 Å². The first-order chi connectivity index (χ1) is 16.0. The smallest absolute Gasteiger partial charge is 0.336 e. The molecule has 2 heterocycles. The highest BCUT2D eigenvalue weighted by Gasteiger charge is 2.49. The predicted octanol–water partition coefficient (Wildman–Crippen LogP) is 4.46. The van der Waals surface area contributed by atoms with Crippen LogP contribution < -0.4 is 5.32 Å². The largest absolute Gasteiger partial charge is 0.465 e. The van der Waals surface area contributed by atoms with Crippen molar-refractivity contribution in [3.05, 3.63) is 80.8 Å². The zero-order valence-corrected chi connectivity index (χ0v) is 19.7. The van der Waals surface area contributed by atoms with Gasteiger partial charge in [0, 0.05) is 27.8 Å². The van der Waals surface area contributed by atoms with E-state index in [9.17, 15) is 14.4 Å². The molecular weight excluding hydrogens is 438 g/mol. The van der Waals surface area contributed by atoms with Gasteiger partial charge in [-0.1, -0.05) is 36.4 Å². The van der Waals surface area contributed by atoms with Gasteiger partial charge in [0.1, 0.15) is 5.92 Å². The van der Waals surface area contributed by atoms with Crippen molar-refractivity contribution < 1.29 is 23.9 Å². The maximum atomic E-state index is 14.0. The first-order valence-electron chi connectivity index (χ1n) is 11.1. The monoisotopic (exact) mass is 465 g/mol. The molecule has 4 rings (SSSR count). The van der Waals surface area contributed by atoms with Gasteiger partial charge in [-0.15, -0.1) is 11.3 Å². The van der Waals surface area contributed by atoms with Crippen LogP contribution in [0.5, 0.6) is 0 Å². The number of rotatable bonds is 6. The summed E-state index contributed by atoms with van der Waals surface area (Å²) in [6.45, 7) is 5.73. The molecule has 1 aromatic carbocycles. The Hall–Kier alpha value is -3.19. The van der Waals surface area contributed by atoms with E-state index in [1.807, 2.05) is 54.8 Å². The quantitative estimate of drug-likeness (QED) is 0.501. The van der Waals surface area contributed by atoms with Crippen molar-refractivity contribution in [1.29, 1.82) is 0 Å². The van der Waals surface area contributed by atoms with Gasteiger partial charge in [0.15, 0.2) is 5.78 Å². The van der Waals surface area contributed by atoms with E-state index in [4.69, 9.17) is 9.47 Å². The Morgan fingerprint density at radius 2 is 1.79 bits per heavy atom. The molecule has 0 saturated carbocycles. The molecule has 6 nitrogen and oxygen atoms in total. The number of dihydropyridines is 1. The topological polar surface area (TPSA) is 81.7 Å². The highest BCUT2D eigenvalue weighted by molar-refractivity contribution is 7.10. The minimum atomic E-state index is -0.975. The van der Waals surface area contributed by atoms with Crippen molar-refractivity contribution in [1.82, 2.24) is 5.32 Å². The Kier molecular flexibility index (Phi) is 6.79. The summed E-state index contributed by atoms with van der Waals surface area (Å²) in [5.41, 5.74) is 3.18. The molecule has 2 aliphatic rings. The number of benzene rings is 1. The second kappa shape index (κ2) is 9.75. The Labute approximate surface area is 197 Å². The van der Waals surface area contributed by atoms with Gasteiger partial charge >= 0.3 is 11.9 Å². The molecule has 7 heteroatoms. The molecule has 1 N–H and O–H groups in total.